The molecule has 0 N–H and O–H groups in total. The summed E-state index contributed by atoms with van der Waals surface area (Å²) in [5.74, 6) is -0.367. The van der Waals surface area contributed by atoms with Crippen molar-refractivity contribution >= 4 is 0 Å². The van der Waals surface area contributed by atoms with Gasteiger partial charge in [-0.3, -0.25) is 0 Å². The lowest BCUT2D eigenvalue weighted by molar-refractivity contribution is -0.286. The average Bonchev–Trinajstić information content (AvgIpc) is 2.06. The second kappa shape index (κ2) is 3.35. The van der Waals surface area contributed by atoms with Crippen LogP contribution in [0.1, 0.15) is 40.5 Å². The summed E-state index contributed by atoms with van der Waals surface area (Å²) in [5.41, 5.74) is 0.273. The van der Waals surface area contributed by atoms with Crippen molar-refractivity contribution in [2.24, 2.45) is 5.41 Å². The molecule has 0 aromatic rings. The summed E-state index contributed by atoms with van der Waals surface area (Å²) in [5, 5.41) is 0. The fourth-order valence-corrected chi connectivity index (χ4v) is 1.40. The fourth-order valence-electron chi connectivity index (χ4n) is 1.40. The molecule has 0 aromatic heterocycles. The van der Waals surface area contributed by atoms with Crippen LogP contribution in [0.3, 0.4) is 0 Å². The van der Waals surface area contributed by atoms with E-state index in [2.05, 4.69) is 13.8 Å². The summed E-state index contributed by atoms with van der Waals surface area (Å²) in [7, 11) is 0. The van der Waals surface area contributed by atoms with Gasteiger partial charge < -0.3 is 9.47 Å². The van der Waals surface area contributed by atoms with Crippen LogP contribution in [0.5, 0.6) is 0 Å². The average molecular weight is 172 g/mol. The normalized spacial score (nSPS) is 27.0. The first-order valence-electron chi connectivity index (χ1n) is 4.81. The third kappa shape index (κ3) is 1.99. The minimum absolute atomic E-state index is 0.273. The Kier molecular flexibility index (Phi) is 2.79. The van der Waals surface area contributed by atoms with Crippen LogP contribution in [-0.2, 0) is 9.47 Å². The highest BCUT2D eigenvalue weighted by atomic mass is 16.7. The molecule has 0 aromatic carbocycles. The fraction of sp³-hybridized carbons (Fsp3) is 1.00. The molecule has 0 amide bonds. The maximum Gasteiger partial charge on any atom is 0.162 e. The van der Waals surface area contributed by atoms with Crippen molar-refractivity contribution in [1.29, 1.82) is 0 Å². The Labute approximate surface area is 75.2 Å². The Morgan fingerprint density at radius 2 is 1.42 bits per heavy atom. The minimum atomic E-state index is -0.367. The van der Waals surface area contributed by atoms with Gasteiger partial charge in [0.2, 0.25) is 0 Å². The van der Waals surface area contributed by atoms with Gasteiger partial charge in [0.15, 0.2) is 5.79 Å². The molecule has 2 nitrogen and oxygen atoms in total. The van der Waals surface area contributed by atoms with Gasteiger partial charge in [0.05, 0.1) is 13.2 Å². The molecule has 0 aliphatic carbocycles. The molecule has 0 saturated carbocycles. The van der Waals surface area contributed by atoms with Gasteiger partial charge in [-0.25, -0.2) is 0 Å². The van der Waals surface area contributed by atoms with E-state index in [4.69, 9.17) is 9.47 Å². The van der Waals surface area contributed by atoms with Crippen LogP contribution in [-0.4, -0.2) is 19.0 Å². The summed E-state index contributed by atoms with van der Waals surface area (Å²) >= 11 is 0. The molecule has 2 heteroatoms. The van der Waals surface area contributed by atoms with Gasteiger partial charge in [0, 0.05) is 5.41 Å². The molecule has 12 heavy (non-hydrogen) atoms. The highest BCUT2D eigenvalue weighted by Gasteiger charge is 2.37. The van der Waals surface area contributed by atoms with Gasteiger partial charge in [-0.2, -0.15) is 0 Å². The lowest BCUT2D eigenvalue weighted by Crippen LogP contribution is -2.45. The van der Waals surface area contributed by atoms with Crippen LogP contribution in [0.2, 0.25) is 0 Å². The lowest BCUT2D eigenvalue weighted by Gasteiger charge is -2.42. The summed E-state index contributed by atoms with van der Waals surface area (Å²) in [6.45, 7) is 10.0. The van der Waals surface area contributed by atoms with E-state index in [0.717, 1.165) is 26.1 Å². The highest BCUT2D eigenvalue weighted by molar-refractivity contribution is 4.80. The Morgan fingerprint density at radius 3 is 1.75 bits per heavy atom. The molecule has 0 bridgehead atoms. The number of rotatable bonds is 2. The SMILES string of the molecule is CCC1(CC)COC(C)(C)OC1. The summed E-state index contributed by atoms with van der Waals surface area (Å²) in [6.07, 6.45) is 2.28. The van der Waals surface area contributed by atoms with Crippen molar-refractivity contribution in [3.05, 3.63) is 0 Å². The lowest BCUT2D eigenvalue weighted by atomic mass is 9.83. The zero-order chi connectivity index (χ0) is 9.24. The zero-order valence-corrected chi connectivity index (χ0v) is 8.64. The Hall–Kier alpha value is -0.0800. The van der Waals surface area contributed by atoms with Gasteiger partial charge in [0.1, 0.15) is 0 Å². The Morgan fingerprint density at radius 1 is 1.00 bits per heavy atom. The van der Waals surface area contributed by atoms with Crippen LogP contribution >= 0.6 is 0 Å². The first kappa shape index (κ1) is 10.0. The van der Waals surface area contributed by atoms with E-state index < -0.39 is 0 Å². The van der Waals surface area contributed by atoms with Gasteiger partial charge in [-0.15, -0.1) is 0 Å². The maximum absolute atomic E-state index is 5.64. The van der Waals surface area contributed by atoms with Crippen LogP contribution in [0, 0.1) is 5.41 Å². The summed E-state index contributed by atoms with van der Waals surface area (Å²) in [4.78, 5) is 0. The van der Waals surface area contributed by atoms with Crippen molar-refractivity contribution in [3.63, 3.8) is 0 Å². The van der Waals surface area contributed by atoms with E-state index in [1.54, 1.807) is 0 Å². The van der Waals surface area contributed by atoms with Crippen LogP contribution in [0.4, 0.5) is 0 Å². The smallest absolute Gasteiger partial charge is 0.162 e. The van der Waals surface area contributed by atoms with Crippen molar-refractivity contribution < 1.29 is 9.47 Å². The largest absolute Gasteiger partial charge is 0.350 e. The van der Waals surface area contributed by atoms with Crippen LogP contribution in [0.25, 0.3) is 0 Å². The molecular formula is C10H20O2. The monoisotopic (exact) mass is 172 g/mol. The van der Waals surface area contributed by atoms with Gasteiger partial charge in [-0.05, 0) is 26.7 Å². The van der Waals surface area contributed by atoms with E-state index in [0.29, 0.717) is 0 Å². The molecule has 1 fully saturated rings. The summed E-state index contributed by atoms with van der Waals surface area (Å²) in [6, 6.07) is 0. The number of ether oxygens (including phenoxy) is 2. The second-order valence-electron chi connectivity index (χ2n) is 4.18. The second-order valence-corrected chi connectivity index (χ2v) is 4.18. The summed E-state index contributed by atoms with van der Waals surface area (Å²) < 4.78 is 11.3. The van der Waals surface area contributed by atoms with E-state index in [1.807, 2.05) is 13.8 Å². The quantitative estimate of drug-likeness (QED) is 0.637. The van der Waals surface area contributed by atoms with Gasteiger partial charge in [-0.1, -0.05) is 13.8 Å². The van der Waals surface area contributed by atoms with E-state index in [9.17, 15) is 0 Å². The van der Waals surface area contributed by atoms with E-state index in [1.165, 1.54) is 0 Å². The molecular weight excluding hydrogens is 152 g/mol. The van der Waals surface area contributed by atoms with Crippen molar-refractivity contribution in [1.82, 2.24) is 0 Å². The van der Waals surface area contributed by atoms with Gasteiger partial charge in [0.25, 0.3) is 0 Å². The van der Waals surface area contributed by atoms with Crippen molar-refractivity contribution in [2.45, 2.75) is 46.3 Å². The molecule has 1 aliphatic heterocycles. The topological polar surface area (TPSA) is 18.5 Å². The van der Waals surface area contributed by atoms with Crippen molar-refractivity contribution in [2.75, 3.05) is 13.2 Å². The molecule has 1 aliphatic rings. The Bertz CT molecular complexity index is 136. The zero-order valence-electron chi connectivity index (χ0n) is 8.64. The molecule has 0 spiro atoms. The molecule has 72 valence electrons. The van der Waals surface area contributed by atoms with E-state index >= 15 is 0 Å². The predicted octanol–water partition coefficient (Wildman–Crippen LogP) is 2.58. The molecule has 0 radical (unpaired) electrons. The van der Waals surface area contributed by atoms with Gasteiger partial charge >= 0.3 is 0 Å². The number of hydrogen-bond acceptors (Lipinski definition) is 2. The minimum Gasteiger partial charge on any atom is -0.350 e. The standard InChI is InChI=1S/C10H20O2/c1-5-10(6-2)7-11-9(3,4)12-8-10/h5-8H2,1-4H3. The van der Waals surface area contributed by atoms with Crippen molar-refractivity contribution in [3.8, 4) is 0 Å². The number of hydrogen-bond donors (Lipinski definition) is 0. The molecule has 0 unspecified atom stereocenters. The first-order valence-corrected chi connectivity index (χ1v) is 4.81. The first-order chi connectivity index (χ1) is 5.54. The molecule has 0 atom stereocenters. The van der Waals surface area contributed by atoms with Crippen LogP contribution < -0.4 is 0 Å². The molecule has 1 heterocycles. The highest BCUT2D eigenvalue weighted by Crippen LogP contribution is 2.34. The third-order valence-corrected chi connectivity index (χ3v) is 2.95. The van der Waals surface area contributed by atoms with E-state index in [-0.39, 0.29) is 11.2 Å². The molecule has 1 rings (SSSR count). The van der Waals surface area contributed by atoms with Crippen LogP contribution in [0.15, 0.2) is 0 Å². The maximum atomic E-state index is 5.64. The molecule has 1 saturated heterocycles. The Balaban J connectivity index is 2.53. The third-order valence-electron chi connectivity index (χ3n) is 2.95. The predicted molar refractivity (Wildman–Crippen MR) is 49.0 cm³/mol.